The summed E-state index contributed by atoms with van der Waals surface area (Å²) in [5, 5.41) is 7.89. The van der Waals surface area contributed by atoms with Gasteiger partial charge in [0, 0.05) is 0 Å². The number of allylic oxidation sites excluding steroid dienone is 1. The third kappa shape index (κ3) is 2.93. The zero-order valence-electron chi connectivity index (χ0n) is 6.41. The van der Waals surface area contributed by atoms with Crippen LogP contribution in [0, 0.1) is 0 Å². The number of hydrogen-bond donors (Lipinski definition) is 1. The van der Waals surface area contributed by atoms with Gasteiger partial charge in [-0.15, -0.1) is 0 Å². The van der Waals surface area contributed by atoms with Gasteiger partial charge < -0.3 is 5.11 Å². The molecule has 0 saturated carbocycles. The first kappa shape index (κ1) is 12.8. The predicted octanol–water partition coefficient (Wildman–Crippen LogP) is 2.51. The summed E-state index contributed by atoms with van der Waals surface area (Å²) in [5.41, 5.74) is 0. The molecule has 0 saturated heterocycles. The fourth-order valence-electron chi connectivity index (χ4n) is 0.441. The number of carbonyl (C=O) groups is 1. The van der Waals surface area contributed by atoms with Crippen molar-refractivity contribution in [3.63, 3.8) is 0 Å². The Labute approximate surface area is 73.8 Å². The van der Waals surface area contributed by atoms with Crippen LogP contribution in [0.5, 0.6) is 0 Å². The molecule has 0 atom stereocenters. The van der Waals surface area contributed by atoms with Crippen LogP contribution >= 0.6 is 0 Å². The Morgan fingerprint density at radius 1 is 1.21 bits per heavy atom. The fraction of sp³-hybridized carbons (Fsp3) is 0.500. The summed E-state index contributed by atoms with van der Waals surface area (Å²) in [5.74, 6) is -10.2. The van der Waals surface area contributed by atoms with Crippen LogP contribution < -0.4 is 0 Å². The van der Waals surface area contributed by atoms with Crippen molar-refractivity contribution in [3.8, 4) is 0 Å². The summed E-state index contributed by atoms with van der Waals surface area (Å²) in [6.07, 6.45) is -7.63. The third-order valence-electron chi connectivity index (χ3n) is 1.11. The lowest BCUT2D eigenvalue weighted by molar-refractivity contribution is -0.270. The van der Waals surface area contributed by atoms with Crippen LogP contribution in [-0.2, 0) is 4.79 Å². The molecule has 0 aliphatic rings. The fourth-order valence-corrected chi connectivity index (χ4v) is 0.441. The van der Waals surface area contributed by atoms with Crippen LogP contribution in [-0.4, -0.2) is 23.2 Å². The van der Waals surface area contributed by atoms with E-state index in [9.17, 15) is 31.1 Å². The van der Waals surface area contributed by atoms with E-state index in [-0.39, 0.29) is 6.08 Å². The molecule has 0 spiro atoms. The van der Waals surface area contributed by atoms with E-state index in [2.05, 4.69) is 0 Å². The first-order valence-electron chi connectivity index (χ1n) is 3.11. The van der Waals surface area contributed by atoms with Crippen LogP contribution in [0.25, 0.3) is 0 Å². The topological polar surface area (TPSA) is 37.3 Å². The summed E-state index contributed by atoms with van der Waals surface area (Å²) in [4.78, 5) is 9.74. The number of alkyl halides is 5. The molecule has 1 N–H and O–H groups in total. The lowest BCUT2D eigenvalue weighted by atomic mass is 10.2. The molecule has 0 fully saturated rings. The van der Waals surface area contributed by atoms with E-state index in [0.29, 0.717) is 0 Å². The molecule has 0 rings (SSSR count). The second-order valence-electron chi connectivity index (χ2n) is 2.22. The molecule has 14 heavy (non-hydrogen) atoms. The Hall–Kier alpha value is -1.21. The van der Waals surface area contributed by atoms with Crippen molar-refractivity contribution in [1.82, 2.24) is 0 Å². The van der Waals surface area contributed by atoms with E-state index in [1.165, 1.54) is 0 Å². The molecule has 0 bridgehead atoms. The smallest absolute Gasteiger partial charge is 0.460 e. The van der Waals surface area contributed by atoms with Crippen molar-refractivity contribution >= 4 is 5.97 Å². The molecular formula is C6H4F6O2. The molecule has 8 heteroatoms. The number of carboxylic acid groups (broad SMARTS) is 1. The Bertz CT molecular complexity index is 254. The van der Waals surface area contributed by atoms with Gasteiger partial charge in [0.05, 0.1) is 6.42 Å². The number of aliphatic carboxylic acids is 1. The van der Waals surface area contributed by atoms with Gasteiger partial charge >= 0.3 is 18.1 Å². The van der Waals surface area contributed by atoms with Gasteiger partial charge in [0.15, 0.2) is 5.83 Å². The molecule has 0 aromatic heterocycles. The maximum atomic E-state index is 12.2. The summed E-state index contributed by atoms with van der Waals surface area (Å²) in [6.45, 7) is 0. The second-order valence-corrected chi connectivity index (χ2v) is 2.22. The Morgan fingerprint density at radius 3 is 1.93 bits per heavy atom. The minimum absolute atomic E-state index is 0.324. The molecule has 0 aromatic carbocycles. The maximum absolute atomic E-state index is 12.2. The molecular weight excluding hydrogens is 218 g/mol. The third-order valence-corrected chi connectivity index (χ3v) is 1.11. The maximum Gasteiger partial charge on any atom is 0.460 e. The molecule has 0 amide bonds. The lowest BCUT2D eigenvalue weighted by Gasteiger charge is -2.17. The number of rotatable bonds is 3. The first-order chi connectivity index (χ1) is 6.09. The van der Waals surface area contributed by atoms with Crippen LogP contribution in [0.1, 0.15) is 6.42 Å². The monoisotopic (exact) mass is 222 g/mol. The highest BCUT2D eigenvalue weighted by Gasteiger charge is 2.61. The minimum Gasteiger partial charge on any atom is -0.481 e. The zero-order chi connectivity index (χ0) is 11.6. The predicted molar refractivity (Wildman–Crippen MR) is 32.4 cm³/mol. The SMILES string of the molecule is O=C(O)C/C=C(/F)C(F)(F)C(F)(F)F. The molecule has 0 heterocycles. The molecule has 0 radical (unpaired) electrons. The van der Waals surface area contributed by atoms with Crippen LogP contribution in [0.2, 0.25) is 0 Å². The van der Waals surface area contributed by atoms with Gasteiger partial charge in [-0.1, -0.05) is 0 Å². The van der Waals surface area contributed by atoms with Gasteiger partial charge in [0.25, 0.3) is 0 Å². The van der Waals surface area contributed by atoms with Crippen molar-refractivity contribution in [1.29, 1.82) is 0 Å². The van der Waals surface area contributed by atoms with Gasteiger partial charge in [-0.3, -0.25) is 4.79 Å². The summed E-state index contributed by atoms with van der Waals surface area (Å²) < 4.78 is 70.5. The van der Waals surface area contributed by atoms with Gasteiger partial charge in [0.2, 0.25) is 0 Å². The van der Waals surface area contributed by atoms with Crippen molar-refractivity contribution in [3.05, 3.63) is 11.9 Å². The van der Waals surface area contributed by atoms with E-state index in [0.717, 1.165) is 0 Å². The average molecular weight is 222 g/mol. The van der Waals surface area contributed by atoms with Gasteiger partial charge in [0.1, 0.15) is 0 Å². The Morgan fingerprint density at radius 2 is 1.64 bits per heavy atom. The number of halogens is 6. The minimum atomic E-state index is -6.06. The number of hydrogen-bond acceptors (Lipinski definition) is 1. The first-order valence-corrected chi connectivity index (χ1v) is 3.11. The van der Waals surface area contributed by atoms with Crippen LogP contribution in [0.4, 0.5) is 26.3 Å². The van der Waals surface area contributed by atoms with E-state index in [1.807, 2.05) is 0 Å². The molecule has 0 aliphatic carbocycles. The molecule has 0 unspecified atom stereocenters. The quantitative estimate of drug-likeness (QED) is 0.745. The van der Waals surface area contributed by atoms with Crippen LogP contribution in [0.15, 0.2) is 11.9 Å². The standard InChI is InChI=1S/C6H4F6O2/c7-3(1-2-4(13)14)5(8,9)6(10,11)12/h1H,2H2,(H,13,14)/b3-1+. The molecule has 0 aromatic rings. The normalized spacial score (nSPS) is 14.3. The van der Waals surface area contributed by atoms with Crippen LogP contribution in [0.3, 0.4) is 0 Å². The van der Waals surface area contributed by atoms with E-state index >= 15 is 0 Å². The Kier molecular flexibility index (Phi) is 3.55. The van der Waals surface area contributed by atoms with Crippen molar-refractivity contribution < 1.29 is 36.2 Å². The second kappa shape index (κ2) is 3.89. The van der Waals surface area contributed by atoms with Crippen molar-refractivity contribution in [2.75, 3.05) is 0 Å². The molecule has 2 nitrogen and oxygen atoms in total. The summed E-state index contributed by atoms with van der Waals surface area (Å²) in [6, 6.07) is 0. The number of carboxylic acids is 1. The summed E-state index contributed by atoms with van der Waals surface area (Å²) in [7, 11) is 0. The highest BCUT2D eigenvalue weighted by molar-refractivity contribution is 5.68. The van der Waals surface area contributed by atoms with Gasteiger partial charge in [-0.05, 0) is 6.08 Å². The van der Waals surface area contributed by atoms with Crippen molar-refractivity contribution in [2.45, 2.75) is 18.5 Å². The highest BCUT2D eigenvalue weighted by atomic mass is 19.4. The molecule has 0 aliphatic heterocycles. The lowest BCUT2D eigenvalue weighted by Crippen LogP contribution is -2.37. The van der Waals surface area contributed by atoms with E-state index < -0.39 is 30.3 Å². The van der Waals surface area contributed by atoms with E-state index in [4.69, 9.17) is 5.11 Å². The van der Waals surface area contributed by atoms with Crippen molar-refractivity contribution in [2.24, 2.45) is 0 Å². The Balaban J connectivity index is 4.75. The van der Waals surface area contributed by atoms with Gasteiger partial charge in [-0.2, -0.15) is 22.0 Å². The largest absolute Gasteiger partial charge is 0.481 e. The van der Waals surface area contributed by atoms with E-state index in [1.54, 1.807) is 0 Å². The molecule has 82 valence electrons. The summed E-state index contributed by atoms with van der Waals surface area (Å²) >= 11 is 0. The zero-order valence-corrected chi connectivity index (χ0v) is 6.41. The average Bonchev–Trinajstić information content (AvgIpc) is 1.97. The highest BCUT2D eigenvalue weighted by Crippen LogP contribution is 2.41. The van der Waals surface area contributed by atoms with Gasteiger partial charge in [-0.25, -0.2) is 4.39 Å².